The Morgan fingerprint density at radius 1 is 1.26 bits per heavy atom. The molecule has 5 heteroatoms. The van der Waals surface area contributed by atoms with E-state index in [2.05, 4.69) is 10.3 Å². The second kappa shape index (κ2) is 6.24. The van der Waals surface area contributed by atoms with Crippen LogP contribution in [-0.2, 0) is 4.79 Å². The van der Waals surface area contributed by atoms with E-state index < -0.39 is 0 Å². The van der Waals surface area contributed by atoms with Crippen molar-refractivity contribution in [3.8, 4) is 5.75 Å². The zero-order valence-corrected chi connectivity index (χ0v) is 11.2. The van der Waals surface area contributed by atoms with E-state index in [1.54, 1.807) is 6.07 Å². The van der Waals surface area contributed by atoms with E-state index in [0.29, 0.717) is 0 Å². The summed E-state index contributed by atoms with van der Waals surface area (Å²) in [4.78, 5) is 16.9. The fraction of sp³-hybridized carbons (Fsp3) is 0.143. The summed E-state index contributed by atoms with van der Waals surface area (Å²) in [6, 6.07) is 12.8. The number of rotatable bonds is 4. The maximum atomic E-state index is 12.0. The van der Waals surface area contributed by atoms with Gasteiger partial charge in [0.05, 0.1) is 5.25 Å². The first-order valence-electron chi connectivity index (χ1n) is 5.83. The lowest BCUT2D eigenvalue weighted by atomic mass is 10.4. The summed E-state index contributed by atoms with van der Waals surface area (Å²) in [6.45, 7) is 1.81. The van der Waals surface area contributed by atoms with Crippen molar-refractivity contribution in [2.45, 2.75) is 17.1 Å². The first kappa shape index (κ1) is 13.4. The van der Waals surface area contributed by atoms with Crippen LogP contribution in [0.5, 0.6) is 5.75 Å². The molecular weight excluding hydrogens is 260 g/mol. The van der Waals surface area contributed by atoms with Crippen molar-refractivity contribution in [1.29, 1.82) is 0 Å². The van der Waals surface area contributed by atoms with Crippen LogP contribution in [0.3, 0.4) is 0 Å². The van der Waals surface area contributed by atoms with E-state index in [-0.39, 0.29) is 22.7 Å². The second-order valence-corrected chi connectivity index (χ2v) is 5.35. The number of pyridine rings is 1. The van der Waals surface area contributed by atoms with Crippen LogP contribution < -0.4 is 5.32 Å². The molecule has 0 aliphatic heterocycles. The molecule has 1 heterocycles. The van der Waals surface area contributed by atoms with Crippen LogP contribution in [0.4, 0.5) is 5.82 Å². The number of benzene rings is 1. The fourth-order valence-corrected chi connectivity index (χ4v) is 2.36. The van der Waals surface area contributed by atoms with Gasteiger partial charge in [0.2, 0.25) is 5.91 Å². The number of aromatic hydroxyl groups is 1. The van der Waals surface area contributed by atoms with Crippen molar-refractivity contribution in [1.82, 2.24) is 4.98 Å². The summed E-state index contributed by atoms with van der Waals surface area (Å²) < 4.78 is 0. The number of carbonyl (C=O) groups excluding carboxylic acids is 1. The number of thioether (sulfide) groups is 1. The van der Waals surface area contributed by atoms with Gasteiger partial charge in [0.1, 0.15) is 0 Å². The Morgan fingerprint density at radius 2 is 2.00 bits per heavy atom. The number of nitrogens with one attached hydrogen (secondary N) is 1. The second-order valence-electron chi connectivity index (χ2n) is 3.93. The van der Waals surface area contributed by atoms with Crippen LogP contribution >= 0.6 is 11.8 Å². The predicted octanol–water partition coefficient (Wildman–Crippen LogP) is 2.91. The quantitative estimate of drug-likeness (QED) is 0.841. The molecule has 0 aliphatic rings. The van der Waals surface area contributed by atoms with Gasteiger partial charge in [-0.25, -0.2) is 4.98 Å². The van der Waals surface area contributed by atoms with Crippen LogP contribution in [-0.4, -0.2) is 21.2 Å². The van der Waals surface area contributed by atoms with Crippen molar-refractivity contribution in [3.05, 3.63) is 48.7 Å². The van der Waals surface area contributed by atoms with E-state index in [9.17, 15) is 9.90 Å². The van der Waals surface area contributed by atoms with Crippen LogP contribution in [0, 0.1) is 0 Å². The van der Waals surface area contributed by atoms with Crippen molar-refractivity contribution < 1.29 is 9.90 Å². The van der Waals surface area contributed by atoms with Gasteiger partial charge in [0.25, 0.3) is 0 Å². The largest absolute Gasteiger partial charge is 0.504 e. The van der Waals surface area contributed by atoms with Crippen LogP contribution in [0.1, 0.15) is 6.92 Å². The van der Waals surface area contributed by atoms with Gasteiger partial charge < -0.3 is 10.4 Å². The smallest absolute Gasteiger partial charge is 0.238 e. The monoisotopic (exact) mass is 274 g/mol. The number of nitrogens with zero attached hydrogens (tertiary/aromatic N) is 1. The van der Waals surface area contributed by atoms with Crippen molar-refractivity contribution >= 4 is 23.5 Å². The van der Waals surface area contributed by atoms with Gasteiger partial charge in [-0.1, -0.05) is 18.2 Å². The molecule has 19 heavy (non-hydrogen) atoms. The van der Waals surface area contributed by atoms with Gasteiger partial charge in [-0.2, -0.15) is 0 Å². The minimum atomic E-state index is -0.274. The Hall–Kier alpha value is -2.01. The van der Waals surface area contributed by atoms with Crippen molar-refractivity contribution in [2.24, 2.45) is 0 Å². The molecule has 0 fully saturated rings. The van der Waals surface area contributed by atoms with Gasteiger partial charge in [0.15, 0.2) is 11.6 Å². The highest BCUT2D eigenvalue weighted by molar-refractivity contribution is 8.00. The lowest BCUT2D eigenvalue weighted by Gasteiger charge is -2.12. The maximum Gasteiger partial charge on any atom is 0.238 e. The summed E-state index contributed by atoms with van der Waals surface area (Å²) in [5.74, 6) is -0.0383. The summed E-state index contributed by atoms with van der Waals surface area (Å²) in [5, 5.41) is 11.9. The highest BCUT2D eigenvalue weighted by Gasteiger charge is 2.16. The molecule has 0 bridgehead atoms. The number of carbonyl (C=O) groups is 1. The van der Waals surface area contributed by atoms with Gasteiger partial charge in [0, 0.05) is 11.1 Å². The summed E-state index contributed by atoms with van der Waals surface area (Å²) >= 11 is 1.46. The first-order valence-corrected chi connectivity index (χ1v) is 6.71. The SMILES string of the molecule is C[C@@H](Sc1ccccc1)C(=O)Nc1ncccc1O. The summed E-state index contributed by atoms with van der Waals surface area (Å²) in [5.41, 5.74) is 0. The first-order chi connectivity index (χ1) is 9.16. The summed E-state index contributed by atoms with van der Waals surface area (Å²) in [6.07, 6.45) is 1.52. The third kappa shape index (κ3) is 3.72. The molecule has 2 N–H and O–H groups in total. The molecule has 1 aromatic heterocycles. The Labute approximate surface area is 115 Å². The van der Waals surface area contributed by atoms with Crippen molar-refractivity contribution in [2.75, 3.05) is 5.32 Å². The van der Waals surface area contributed by atoms with Gasteiger partial charge in [-0.15, -0.1) is 11.8 Å². The average Bonchev–Trinajstić information content (AvgIpc) is 2.42. The fourth-order valence-electron chi connectivity index (χ4n) is 1.47. The van der Waals surface area contributed by atoms with Gasteiger partial charge in [-0.05, 0) is 31.2 Å². The lowest BCUT2D eigenvalue weighted by molar-refractivity contribution is -0.115. The van der Waals surface area contributed by atoms with Crippen LogP contribution in [0.15, 0.2) is 53.6 Å². The third-order valence-electron chi connectivity index (χ3n) is 2.45. The Balaban J connectivity index is 1.99. The summed E-state index contributed by atoms with van der Waals surface area (Å²) in [7, 11) is 0. The normalized spacial score (nSPS) is 11.8. The van der Waals surface area contributed by atoms with Crippen LogP contribution in [0.25, 0.3) is 0 Å². The van der Waals surface area contributed by atoms with E-state index in [1.807, 2.05) is 37.3 Å². The molecular formula is C14H14N2O2S. The number of hydrogen-bond acceptors (Lipinski definition) is 4. The molecule has 1 atom stereocenters. The molecule has 0 radical (unpaired) electrons. The Kier molecular flexibility index (Phi) is 4.41. The maximum absolute atomic E-state index is 12.0. The average molecular weight is 274 g/mol. The molecule has 0 spiro atoms. The molecule has 98 valence electrons. The molecule has 4 nitrogen and oxygen atoms in total. The molecule has 0 unspecified atom stereocenters. The predicted molar refractivity (Wildman–Crippen MR) is 76.3 cm³/mol. The molecule has 2 aromatic rings. The molecule has 0 saturated heterocycles. The van der Waals surface area contributed by atoms with Crippen molar-refractivity contribution in [3.63, 3.8) is 0 Å². The van der Waals surface area contributed by atoms with E-state index in [1.165, 1.54) is 24.0 Å². The number of anilines is 1. The van der Waals surface area contributed by atoms with Gasteiger partial charge >= 0.3 is 0 Å². The van der Waals surface area contributed by atoms with Gasteiger partial charge in [-0.3, -0.25) is 4.79 Å². The third-order valence-corrected chi connectivity index (χ3v) is 3.57. The Bertz CT molecular complexity index is 560. The Morgan fingerprint density at radius 3 is 2.68 bits per heavy atom. The number of hydrogen-bond donors (Lipinski definition) is 2. The molecule has 1 amide bonds. The van der Waals surface area contributed by atoms with Crippen LogP contribution in [0.2, 0.25) is 0 Å². The van der Waals surface area contributed by atoms with E-state index in [4.69, 9.17) is 0 Å². The van der Waals surface area contributed by atoms with E-state index in [0.717, 1.165) is 4.90 Å². The standard InChI is InChI=1S/C14H14N2O2S/c1-10(19-11-6-3-2-4-7-11)14(18)16-13-12(17)8-5-9-15-13/h2-10,17H,1H3,(H,15,16,18)/t10-/m1/s1. The minimum Gasteiger partial charge on any atom is -0.504 e. The zero-order valence-electron chi connectivity index (χ0n) is 10.4. The highest BCUT2D eigenvalue weighted by atomic mass is 32.2. The molecule has 0 aliphatic carbocycles. The van der Waals surface area contributed by atoms with E-state index >= 15 is 0 Å². The molecule has 2 rings (SSSR count). The topological polar surface area (TPSA) is 62.2 Å². The molecule has 0 saturated carbocycles. The zero-order chi connectivity index (χ0) is 13.7. The molecule has 1 aromatic carbocycles. The number of aromatic nitrogens is 1. The number of amides is 1. The lowest BCUT2D eigenvalue weighted by Crippen LogP contribution is -2.22. The minimum absolute atomic E-state index is 0.0345. The highest BCUT2D eigenvalue weighted by Crippen LogP contribution is 2.25.